The predicted molar refractivity (Wildman–Crippen MR) is 116 cm³/mol. The van der Waals surface area contributed by atoms with Crippen molar-refractivity contribution in [1.29, 1.82) is 0 Å². The number of anilines is 1. The van der Waals surface area contributed by atoms with E-state index < -0.39 is 5.97 Å². The number of hydrogen-bond donors (Lipinski definition) is 2. The van der Waals surface area contributed by atoms with Gasteiger partial charge in [-0.2, -0.15) is 0 Å². The van der Waals surface area contributed by atoms with Crippen molar-refractivity contribution in [3.05, 3.63) is 58.8 Å². The van der Waals surface area contributed by atoms with Crippen LogP contribution in [0.5, 0.6) is 0 Å². The van der Waals surface area contributed by atoms with Gasteiger partial charge in [-0.3, -0.25) is 4.90 Å². The Hall–Kier alpha value is -2.44. The van der Waals surface area contributed by atoms with Crippen molar-refractivity contribution in [2.75, 3.05) is 5.32 Å². The van der Waals surface area contributed by atoms with E-state index in [0.717, 1.165) is 11.3 Å². The maximum Gasteiger partial charge on any atom is 0.339 e. The number of aromatic nitrogens is 1. The van der Waals surface area contributed by atoms with Crippen LogP contribution in [-0.2, 0) is 18.0 Å². The third-order valence-electron chi connectivity index (χ3n) is 4.80. The number of carbonyl (C=O) groups is 1. The summed E-state index contributed by atoms with van der Waals surface area (Å²) in [7, 11) is 0. The molecule has 0 saturated heterocycles. The van der Waals surface area contributed by atoms with Crippen LogP contribution >= 0.6 is 0 Å². The molecule has 1 atom stereocenters. The Kier molecular flexibility index (Phi) is 8.17. The standard InChI is InChI=1S/C23H33N3O3/c1-15(2)26(16(3)4)18(6)25-22-21(23(27)28)20(12-17(5)24-22)14-29-13-19-10-8-7-9-11-19/h7-12,15-16,18H,13-14H2,1-6H3,(H,24,25)(H,27,28). The highest BCUT2D eigenvalue weighted by atomic mass is 16.5. The van der Waals surface area contributed by atoms with Crippen molar-refractivity contribution in [1.82, 2.24) is 9.88 Å². The van der Waals surface area contributed by atoms with Gasteiger partial charge in [0.05, 0.1) is 19.4 Å². The molecule has 2 N–H and O–H groups in total. The second kappa shape index (κ2) is 10.4. The minimum Gasteiger partial charge on any atom is -0.478 e. The predicted octanol–water partition coefficient (Wildman–Crippen LogP) is 4.68. The van der Waals surface area contributed by atoms with Gasteiger partial charge < -0.3 is 15.2 Å². The maximum atomic E-state index is 12.1. The summed E-state index contributed by atoms with van der Waals surface area (Å²) >= 11 is 0. The molecular formula is C23H33N3O3. The lowest BCUT2D eigenvalue weighted by molar-refractivity contribution is 0.0684. The molecule has 1 heterocycles. The van der Waals surface area contributed by atoms with Crippen LogP contribution in [0.15, 0.2) is 36.4 Å². The van der Waals surface area contributed by atoms with E-state index in [-0.39, 0.29) is 18.3 Å². The first-order chi connectivity index (χ1) is 13.7. The molecule has 0 aliphatic heterocycles. The molecule has 6 heteroatoms. The van der Waals surface area contributed by atoms with Crippen LogP contribution in [0.1, 0.15) is 61.8 Å². The number of nitrogens with one attached hydrogen (secondary N) is 1. The van der Waals surface area contributed by atoms with Gasteiger partial charge in [-0.1, -0.05) is 30.3 Å². The van der Waals surface area contributed by atoms with Gasteiger partial charge in [0.2, 0.25) is 0 Å². The summed E-state index contributed by atoms with van der Waals surface area (Å²) < 4.78 is 5.81. The van der Waals surface area contributed by atoms with E-state index in [2.05, 4.69) is 42.9 Å². The number of pyridine rings is 1. The van der Waals surface area contributed by atoms with Crippen LogP contribution in [0.25, 0.3) is 0 Å². The highest BCUT2D eigenvalue weighted by molar-refractivity contribution is 5.95. The smallest absolute Gasteiger partial charge is 0.339 e. The van der Waals surface area contributed by atoms with Crippen LogP contribution in [0.3, 0.4) is 0 Å². The Morgan fingerprint density at radius 2 is 1.72 bits per heavy atom. The largest absolute Gasteiger partial charge is 0.478 e. The number of carboxylic acids is 1. The molecule has 0 bridgehead atoms. The van der Waals surface area contributed by atoms with E-state index in [1.54, 1.807) is 6.07 Å². The van der Waals surface area contributed by atoms with Gasteiger partial charge >= 0.3 is 5.97 Å². The lowest BCUT2D eigenvalue weighted by atomic mass is 10.1. The topological polar surface area (TPSA) is 74.7 Å². The van der Waals surface area contributed by atoms with Crippen molar-refractivity contribution in [3.63, 3.8) is 0 Å². The number of benzene rings is 1. The van der Waals surface area contributed by atoms with E-state index in [0.29, 0.717) is 30.1 Å². The van der Waals surface area contributed by atoms with Gasteiger partial charge in [0.25, 0.3) is 0 Å². The maximum absolute atomic E-state index is 12.1. The van der Waals surface area contributed by atoms with Crippen molar-refractivity contribution in [2.24, 2.45) is 0 Å². The minimum atomic E-state index is -1.01. The molecule has 29 heavy (non-hydrogen) atoms. The number of aryl methyl sites for hydroxylation is 1. The van der Waals surface area contributed by atoms with Gasteiger partial charge in [-0.25, -0.2) is 9.78 Å². The monoisotopic (exact) mass is 399 g/mol. The van der Waals surface area contributed by atoms with Crippen LogP contribution in [0.2, 0.25) is 0 Å². The molecule has 6 nitrogen and oxygen atoms in total. The van der Waals surface area contributed by atoms with Gasteiger partial charge in [0, 0.05) is 17.8 Å². The fourth-order valence-corrected chi connectivity index (χ4v) is 3.81. The SMILES string of the molecule is Cc1cc(COCc2ccccc2)c(C(=O)O)c(NC(C)N(C(C)C)C(C)C)n1. The molecule has 2 aromatic rings. The summed E-state index contributed by atoms with van der Waals surface area (Å²) in [5, 5.41) is 13.2. The third-order valence-corrected chi connectivity index (χ3v) is 4.80. The number of hydrogen-bond acceptors (Lipinski definition) is 5. The first-order valence-electron chi connectivity index (χ1n) is 10.1. The molecule has 2 rings (SSSR count). The van der Waals surface area contributed by atoms with Crippen LogP contribution in [-0.4, -0.2) is 39.2 Å². The molecule has 1 aromatic heterocycles. The van der Waals surface area contributed by atoms with Gasteiger partial charge in [0.15, 0.2) is 0 Å². The van der Waals surface area contributed by atoms with Gasteiger partial charge in [0.1, 0.15) is 11.4 Å². The Morgan fingerprint density at radius 3 is 2.28 bits per heavy atom. The molecule has 158 valence electrons. The van der Waals surface area contributed by atoms with Crippen LogP contribution < -0.4 is 5.32 Å². The number of nitrogens with zero attached hydrogens (tertiary/aromatic N) is 2. The van der Waals surface area contributed by atoms with Crippen molar-refractivity contribution in [2.45, 2.75) is 73.0 Å². The highest BCUT2D eigenvalue weighted by Crippen LogP contribution is 2.23. The van der Waals surface area contributed by atoms with E-state index in [9.17, 15) is 9.90 Å². The molecule has 0 spiro atoms. The lowest BCUT2D eigenvalue weighted by Gasteiger charge is -2.37. The molecule has 1 aromatic carbocycles. The fourth-order valence-electron chi connectivity index (χ4n) is 3.81. The molecule has 0 aliphatic rings. The van der Waals surface area contributed by atoms with E-state index in [4.69, 9.17) is 4.74 Å². The average Bonchev–Trinajstić information content (AvgIpc) is 2.61. The number of ether oxygens (including phenoxy) is 1. The normalized spacial score (nSPS) is 12.6. The Bertz CT molecular complexity index is 799. The van der Waals surface area contributed by atoms with E-state index in [1.807, 2.05) is 44.2 Å². The summed E-state index contributed by atoms with van der Waals surface area (Å²) in [4.78, 5) is 18.8. The molecule has 0 amide bonds. The minimum absolute atomic E-state index is 0.0690. The highest BCUT2D eigenvalue weighted by Gasteiger charge is 2.24. The van der Waals surface area contributed by atoms with Crippen molar-refractivity contribution < 1.29 is 14.6 Å². The summed E-state index contributed by atoms with van der Waals surface area (Å²) in [6, 6.07) is 12.2. The zero-order valence-corrected chi connectivity index (χ0v) is 18.3. The Morgan fingerprint density at radius 1 is 1.10 bits per heavy atom. The second-order valence-corrected chi connectivity index (χ2v) is 7.88. The summed E-state index contributed by atoms with van der Waals surface area (Å²) in [6.07, 6.45) is -0.0690. The van der Waals surface area contributed by atoms with Crippen LogP contribution in [0, 0.1) is 6.92 Å². The lowest BCUT2D eigenvalue weighted by Crippen LogP contribution is -2.47. The fraction of sp³-hybridized carbons (Fsp3) is 0.478. The summed E-state index contributed by atoms with van der Waals surface area (Å²) in [6.45, 7) is 13.0. The first-order valence-corrected chi connectivity index (χ1v) is 10.1. The first kappa shape index (κ1) is 22.8. The van der Waals surface area contributed by atoms with E-state index in [1.165, 1.54) is 0 Å². The number of rotatable bonds is 10. The summed E-state index contributed by atoms with van der Waals surface area (Å²) in [5.41, 5.74) is 2.59. The third kappa shape index (κ3) is 6.27. The van der Waals surface area contributed by atoms with E-state index >= 15 is 0 Å². The van der Waals surface area contributed by atoms with Gasteiger partial charge in [-0.05, 0) is 58.7 Å². The molecule has 0 aliphatic carbocycles. The zero-order chi connectivity index (χ0) is 21.6. The molecule has 0 radical (unpaired) electrons. The molecular weight excluding hydrogens is 366 g/mol. The Balaban J connectivity index is 2.25. The van der Waals surface area contributed by atoms with Crippen molar-refractivity contribution in [3.8, 4) is 0 Å². The Labute approximate surface area is 173 Å². The van der Waals surface area contributed by atoms with Crippen LogP contribution in [0.4, 0.5) is 5.82 Å². The molecule has 1 unspecified atom stereocenters. The second-order valence-electron chi connectivity index (χ2n) is 7.88. The molecule has 0 fully saturated rings. The molecule has 0 saturated carbocycles. The number of aromatic carboxylic acids is 1. The summed E-state index contributed by atoms with van der Waals surface area (Å²) in [5.74, 6) is -0.624. The van der Waals surface area contributed by atoms with Crippen molar-refractivity contribution >= 4 is 11.8 Å². The quantitative estimate of drug-likeness (QED) is 0.565. The van der Waals surface area contributed by atoms with Gasteiger partial charge in [-0.15, -0.1) is 0 Å². The number of carboxylic acid groups (broad SMARTS) is 1. The zero-order valence-electron chi connectivity index (χ0n) is 18.3. The average molecular weight is 400 g/mol.